The zero-order chi connectivity index (χ0) is 16.8. The average molecular weight is 343 g/mol. The van der Waals surface area contributed by atoms with Crippen LogP contribution in [0.25, 0.3) is 10.6 Å². The number of carbonyl (C=O) groups is 1. The van der Waals surface area contributed by atoms with Gasteiger partial charge in [0.1, 0.15) is 11.6 Å². The van der Waals surface area contributed by atoms with Crippen molar-refractivity contribution in [1.82, 2.24) is 5.32 Å². The molecule has 0 aliphatic rings. The van der Waals surface area contributed by atoms with Crippen LogP contribution >= 0.6 is 11.3 Å². The molecule has 0 aliphatic carbocycles. The van der Waals surface area contributed by atoms with Crippen LogP contribution in [0.5, 0.6) is 0 Å². The molecule has 0 bridgehead atoms. The molecule has 0 atom stereocenters. The van der Waals surface area contributed by atoms with E-state index in [-0.39, 0.29) is 11.7 Å². The number of halogens is 1. The van der Waals surface area contributed by atoms with Crippen LogP contribution in [0.15, 0.2) is 59.2 Å². The van der Waals surface area contributed by atoms with Crippen molar-refractivity contribution in [2.75, 3.05) is 6.54 Å². The summed E-state index contributed by atoms with van der Waals surface area (Å²) in [4.78, 5) is 14.1. The number of furan rings is 1. The van der Waals surface area contributed by atoms with Crippen molar-refractivity contribution in [1.29, 1.82) is 0 Å². The monoisotopic (exact) mass is 343 g/mol. The van der Waals surface area contributed by atoms with Gasteiger partial charge in [-0.3, -0.25) is 4.79 Å². The van der Waals surface area contributed by atoms with Gasteiger partial charge in [-0.2, -0.15) is 0 Å². The van der Waals surface area contributed by atoms with E-state index in [0.29, 0.717) is 24.9 Å². The Morgan fingerprint density at radius 1 is 1.08 bits per heavy atom. The van der Waals surface area contributed by atoms with Crippen molar-refractivity contribution in [3.05, 3.63) is 71.1 Å². The molecule has 0 spiro atoms. The summed E-state index contributed by atoms with van der Waals surface area (Å²) < 4.78 is 18.9. The molecular weight excluding hydrogens is 325 g/mol. The number of hydrogen-bond donors (Lipinski definition) is 1. The summed E-state index contributed by atoms with van der Waals surface area (Å²) in [6.07, 6.45) is 3.14. The minimum Gasteiger partial charge on any atom is -0.464 e. The molecule has 0 unspecified atom stereocenters. The van der Waals surface area contributed by atoms with Crippen LogP contribution in [-0.4, -0.2) is 12.5 Å². The highest BCUT2D eigenvalue weighted by atomic mass is 32.1. The van der Waals surface area contributed by atoms with E-state index < -0.39 is 0 Å². The highest BCUT2D eigenvalue weighted by Crippen LogP contribution is 2.28. The summed E-state index contributed by atoms with van der Waals surface area (Å²) in [5.41, 5.74) is 0.578. The van der Waals surface area contributed by atoms with E-state index in [4.69, 9.17) is 4.42 Å². The minimum absolute atomic E-state index is 0.0546. The highest BCUT2D eigenvalue weighted by molar-refractivity contribution is 7.15. The van der Waals surface area contributed by atoms with Crippen molar-refractivity contribution >= 4 is 17.2 Å². The Kier molecular flexibility index (Phi) is 5.43. The van der Waals surface area contributed by atoms with Crippen molar-refractivity contribution in [3.63, 3.8) is 0 Å². The highest BCUT2D eigenvalue weighted by Gasteiger charge is 2.07. The Bertz CT molecular complexity index is 795. The number of nitrogens with one attached hydrogen (secondary N) is 1. The van der Waals surface area contributed by atoms with Gasteiger partial charge in [-0.05, 0) is 48.7 Å². The van der Waals surface area contributed by atoms with Gasteiger partial charge in [0.05, 0.1) is 11.1 Å². The van der Waals surface area contributed by atoms with E-state index in [1.807, 2.05) is 24.3 Å². The smallest absolute Gasteiger partial charge is 0.220 e. The van der Waals surface area contributed by atoms with E-state index in [1.165, 1.54) is 10.9 Å². The fraction of sp³-hybridized carbons (Fsp3) is 0.211. The van der Waals surface area contributed by atoms with Gasteiger partial charge in [-0.25, -0.2) is 4.39 Å². The fourth-order valence-electron chi connectivity index (χ4n) is 2.43. The van der Waals surface area contributed by atoms with Gasteiger partial charge in [-0.15, -0.1) is 11.3 Å². The number of rotatable bonds is 7. The third kappa shape index (κ3) is 4.32. The van der Waals surface area contributed by atoms with Gasteiger partial charge in [0, 0.05) is 17.8 Å². The number of aryl methyl sites for hydroxylation is 1. The van der Waals surface area contributed by atoms with Crippen LogP contribution in [0.1, 0.15) is 16.9 Å². The Morgan fingerprint density at radius 3 is 2.75 bits per heavy atom. The average Bonchev–Trinajstić information content (AvgIpc) is 3.25. The first-order valence-electron chi connectivity index (χ1n) is 7.85. The maximum absolute atomic E-state index is 13.5. The summed E-state index contributed by atoms with van der Waals surface area (Å²) in [5.74, 6) is 0.551. The Hall–Kier alpha value is -2.40. The zero-order valence-electron chi connectivity index (χ0n) is 13.1. The molecule has 2 aromatic heterocycles. The van der Waals surface area contributed by atoms with Crippen molar-refractivity contribution < 1.29 is 13.6 Å². The van der Waals surface area contributed by atoms with E-state index in [2.05, 4.69) is 5.32 Å². The lowest BCUT2D eigenvalue weighted by Crippen LogP contribution is -2.25. The molecule has 3 nitrogen and oxygen atoms in total. The maximum atomic E-state index is 13.5. The van der Waals surface area contributed by atoms with Crippen LogP contribution in [-0.2, 0) is 17.6 Å². The Labute approximate surface area is 144 Å². The molecule has 3 aromatic rings. The van der Waals surface area contributed by atoms with Gasteiger partial charge in [-0.1, -0.05) is 18.2 Å². The number of benzene rings is 1. The molecule has 0 saturated heterocycles. The summed E-state index contributed by atoms with van der Waals surface area (Å²) >= 11 is 1.66. The summed E-state index contributed by atoms with van der Waals surface area (Å²) in [6.45, 7) is 0.578. The third-order valence-corrected chi connectivity index (χ3v) is 4.86. The topological polar surface area (TPSA) is 42.2 Å². The molecule has 0 saturated carbocycles. The molecule has 1 N–H and O–H groups in total. The van der Waals surface area contributed by atoms with Gasteiger partial charge in [0.15, 0.2) is 0 Å². The molecule has 1 amide bonds. The molecule has 124 valence electrons. The van der Waals surface area contributed by atoms with E-state index in [0.717, 1.165) is 17.1 Å². The first-order chi connectivity index (χ1) is 11.7. The third-order valence-electron chi connectivity index (χ3n) is 3.70. The van der Waals surface area contributed by atoms with Crippen molar-refractivity contribution in [3.8, 4) is 10.6 Å². The lowest BCUT2D eigenvalue weighted by molar-refractivity contribution is -0.121. The maximum Gasteiger partial charge on any atom is 0.220 e. The number of hydrogen-bond acceptors (Lipinski definition) is 3. The number of thiophene rings is 1. The second kappa shape index (κ2) is 7.93. The van der Waals surface area contributed by atoms with Crippen LogP contribution in [0.2, 0.25) is 0 Å². The largest absolute Gasteiger partial charge is 0.464 e. The number of carbonyl (C=O) groups excluding carboxylic acids is 1. The first kappa shape index (κ1) is 16.5. The van der Waals surface area contributed by atoms with Gasteiger partial charge < -0.3 is 9.73 Å². The molecular formula is C19H18FNO2S. The predicted molar refractivity (Wildman–Crippen MR) is 93.5 cm³/mol. The fourth-order valence-corrected chi connectivity index (χ4v) is 3.40. The van der Waals surface area contributed by atoms with E-state index >= 15 is 0 Å². The van der Waals surface area contributed by atoms with Gasteiger partial charge >= 0.3 is 0 Å². The summed E-state index contributed by atoms with van der Waals surface area (Å²) in [7, 11) is 0. The summed E-state index contributed by atoms with van der Waals surface area (Å²) in [5, 5.41) is 2.89. The van der Waals surface area contributed by atoms with Crippen molar-refractivity contribution in [2.24, 2.45) is 0 Å². The molecule has 24 heavy (non-hydrogen) atoms. The van der Waals surface area contributed by atoms with Crippen LogP contribution in [0.4, 0.5) is 4.39 Å². The standard InChI is InChI=1S/C19H18FNO2S/c20-16-5-2-1-4-14(16)7-10-19(22)21-12-11-15-8-9-18(24-15)17-6-3-13-23-17/h1-6,8-9,13H,7,10-12H2,(H,21,22). The lowest BCUT2D eigenvalue weighted by Gasteiger charge is -2.05. The zero-order valence-corrected chi connectivity index (χ0v) is 13.9. The van der Waals surface area contributed by atoms with Crippen molar-refractivity contribution in [2.45, 2.75) is 19.3 Å². The molecule has 0 aliphatic heterocycles. The van der Waals surface area contributed by atoms with E-state index in [9.17, 15) is 9.18 Å². The Balaban J connectivity index is 1.41. The van der Waals surface area contributed by atoms with Crippen LogP contribution < -0.4 is 5.32 Å². The predicted octanol–water partition coefficient (Wildman–Crippen LogP) is 4.44. The number of amides is 1. The molecule has 0 radical (unpaired) electrons. The SMILES string of the molecule is O=C(CCc1ccccc1F)NCCc1ccc(-c2ccco2)s1. The summed E-state index contributed by atoms with van der Waals surface area (Å²) in [6, 6.07) is 14.4. The second-order valence-electron chi connectivity index (χ2n) is 5.43. The molecule has 1 aromatic carbocycles. The lowest BCUT2D eigenvalue weighted by atomic mass is 10.1. The molecule has 0 fully saturated rings. The van der Waals surface area contributed by atoms with Gasteiger partial charge in [0.2, 0.25) is 5.91 Å². The van der Waals surface area contributed by atoms with Gasteiger partial charge in [0.25, 0.3) is 0 Å². The van der Waals surface area contributed by atoms with E-state index in [1.54, 1.807) is 35.8 Å². The van der Waals surface area contributed by atoms with Crippen LogP contribution in [0, 0.1) is 5.82 Å². The molecule has 3 rings (SSSR count). The normalized spacial score (nSPS) is 10.7. The Morgan fingerprint density at radius 2 is 1.96 bits per heavy atom. The minimum atomic E-state index is -0.255. The quantitative estimate of drug-likeness (QED) is 0.689. The van der Waals surface area contributed by atoms with Crippen LogP contribution in [0.3, 0.4) is 0 Å². The molecule has 2 heterocycles. The first-order valence-corrected chi connectivity index (χ1v) is 8.67. The second-order valence-corrected chi connectivity index (χ2v) is 6.60. The molecule has 5 heteroatoms.